The van der Waals surface area contributed by atoms with E-state index in [-0.39, 0.29) is 11.6 Å². The summed E-state index contributed by atoms with van der Waals surface area (Å²) in [7, 11) is 0. The summed E-state index contributed by atoms with van der Waals surface area (Å²) in [4.78, 5) is 36.6. The van der Waals surface area contributed by atoms with Crippen LogP contribution < -0.4 is 0 Å². The number of nitro groups is 1. The number of fused-ring (bicyclic) bond motifs is 1. The summed E-state index contributed by atoms with van der Waals surface area (Å²) in [5.41, 5.74) is 2.77. The van der Waals surface area contributed by atoms with Gasteiger partial charge < -0.3 is 9.64 Å². The first-order chi connectivity index (χ1) is 13.4. The van der Waals surface area contributed by atoms with Crippen molar-refractivity contribution in [1.82, 2.24) is 4.90 Å². The van der Waals surface area contributed by atoms with Crippen molar-refractivity contribution in [2.75, 3.05) is 6.54 Å². The molecule has 0 N–H and O–H groups in total. The highest BCUT2D eigenvalue weighted by atomic mass is 16.6. The second-order valence-corrected chi connectivity index (χ2v) is 6.54. The average Bonchev–Trinajstić information content (AvgIpc) is 2.71. The second-order valence-electron chi connectivity index (χ2n) is 6.54. The molecule has 0 radical (unpaired) electrons. The van der Waals surface area contributed by atoms with Gasteiger partial charge in [0.05, 0.1) is 4.92 Å². The molecule has 1 amide bonds. The third-order valence-electron chi connectivity index (χ3n) is 4.58. The number of carbonyl (C=O) groups excluding carboxylic acids is 2. The number of ether oxygens (including phenoxy) is 1. The maximum atomic E-state index is 12.6. The van der Waals surface area contributed by atoms with Crippen LogP contribution in [0.25, 0.3) is 6.08 Å². The van der Waals surface area contributed by atoms with Gasteiger partial charge in [0.1, 0.15) is 0 Å². The fourth-order valence-corrected chi connectivity index (χ4v) is 3.11. The highest BCUT2D eigenvalue weighted by Gasteiger charge is 2.26. The van der Waals surface area contributed by atoms with Gasteiger partial charge in [0.25, 0.3) is 11.6 Å². The normalized spacial score (nSPS) is 14.4. The minimum atomic E-state index is -0.910. The molecule has 0 bridgehead atoms. The van der Waals surface area contributed by atoms with Crippen LogP contribution in [0.15, 0.2) is 54.6 Å². The van der Waals surface area contributed by atoms with E-state index in [1.807, 2.05) is 18.2 Å². The van der Waals surface area contributed by atoms with Gasteiger partial charge >= 0.3 is 5.97 Å². The SMILES string of the molecule is C[C@H](OC(=O)/C=C/c1cccc([N+](=O)[O-])c1)C(=O)N1CCc2ccccc2C1. The molecule has 0 saturated carbocycles. The summed E-state index contributed by atoms with van der Waals surface area (Å²) in [6.07, 6.45) is 2.44. The lowest BCUT2D eigenvalue weighted by Gasteiger charge is -2.30. The van der Waals surface area contributed by atoms with Gasteiger partial charge in [-0.3, -0.25) is 14.9 Å². The van der Waals surface area contributed by atoms with Crippen molar-refractivity contribution in [1.29, 1.82) is 0 Å². The summed E-state index contributed by atoms with van der Waals surface area (Å²) in [5, 5.41) is 10.8. The maximum absolute atomic E-state index is 12.6. The fraction of sp³-hybridized carbons (Fsp3) is 0.238. The molecule has 1 aliphatic heterocycles. The third-order valence-corrected chi connectivity index (χ3v) is 4.58. The Bertz CT molecular complexity index is 938. The molecule has 0 saturated heterocycles. The summed E-state index contributed by atoms with van der Waals surface area (Å²) in [5.74, 6) is -0.920. The van der Waals surface area contributed by atoms with Gasteiger partial charge in [-0.2, -0.15) is 0 Å². The predicted octanol–water partition coefficient (Wildman–Crippen LogP) is 3.12. The lowest BCUT2D eigenvalue weighted by molar-refractivity contribution is -0.384. The number of hydrogen-bond donors (Lipinski definition) is 0. The van der Waals surface area contributed by atoms with E-state index in [2.05, 4.69) is 6.07 Å². The predicted molar refractivity (Wildman–Crippen MR) is 103 cm³/mol. The number of non-ortho nitro benzene ring substituents is 1. The van der Waals surface area contributed by atoms with Crippen LogP contribution >= 0.6 is 0 Å². The Hall–Kier alpha value is -3.48. The molecule has 0 unspecified atom stereocenters. The van der Waals surface area contributed by atoms with Crippen LogP contribution in [0.3, 0.4) is 0 Å². The van der Waals surface area contributed by atoms with Crippen molar-refractivity contribution in [3.05, 3.63) is 81.4 Å². The Kier molecular flexibility index (Phi) is 5.84. The van der Waals surface area contributed by atoms with Gasteiger partial charge in [0.15, 0.2) is 6.10 Å². The first-order valence-electron chi connectivity index (χ1n) is 8.93. The number of nitrogens with zero attached hydrogens (tertiary/aromatic N) is 2. The van der Waals surface area contributed by atoms with Crippen LogP contribution in [-0.2, 0) is 27.3 Å². The molecule has 0 aromatic heterocycles. The monoisotopic (exact) mass is 380 g/mol. The largest absolute Gasteiger partial charge is 0.449 e. The zero-order valence-electron chi connectivity index (χ0n) is 15.4. The van der Waals surface area contributed by atoms with Crippen molar-refractivity contribution in [3.8, 4) is 0 Å². The van der Waals surface area contributed by atoms with Crippen LogP contribution in [0.5, 0.6) is 0 Å². The second kappa shape index (κ2) is 8.47. The van der Waals surface area contributed by atoms with E-state index < -0.39 is 17.0 Å². The van der Waals surface area contributed by atoms with E-state index in [0.29, 0.717) is 18.7 Å². The first-order valence-corrected chi connectivity index (χ1v) is 8.93. The fourth-order valence-electron chi connectivity index (χ4n) is 3.11. The number of esters is 1. The van der Waals surface area contributed by atoms with E-state index in [0.717, 1.165) is 18.1 Å². The third kappa shape index (κ3) is 4.62. The molecule has 2 aromatic rings. The van der Waals surface area contributed by atoms with Crippen LogP contribution in [0.1, 0.15) is 23.6 Å². The smallest absolute Gasteiger partial charge is 0.331 e. The Morgan fingerprint density at radius 2 is 1.93 bits per heavy atom. The Morgan fingerprint density at radius 3 is 2.68 bits per heavy atom. The maximum Gasteiger partial charge on any atom is 0.331 e. The van der Waals surface area contributed by atoms with Crippen molar-refractivity contribution < 1.29 is 19.2 Å². The molecule has 1 aliphatic rings. The lowest BCUT2D eigenvalue weighted by atomic mass is 9.99. The van der Waals surface area contributed by atoms with Gasteiger partial charge in [-0.05, 0) is 36.1 Å². The summed E-state index contributed by atoms with van der Waals surface area (Å²) >= 11 is 0. The molecule has 3 rings (SSSR count). The van der Waals surface area contributed by atoms with Crippen LogP contribution in [0.4, 0.5) is 5.69 Å². The van der Waals surface area contributed by atoms with Crippen molar-refractivity contribution in [2.24, 2.45) is 0 Å². The standard InChI is InChI=1S/C21H20N2O5/c1-15(21(25)22-12-11-17-6-2-3-7-18(17)14-22)28-20(24)10-9-16-5-4-8-19(13-16)23(26)27/h2-10,13,15H,11-12,14H2,1H3/b10-9+/t15-/m0/s1. The zero-order valence-corrected chi connectivity index (χ0v) is 15.4. The Morgan fingerprint density at radius 1 is 1.18 bits per heavy atom. The van der Waals surface area contributed by atoms with Gasteiger partial charge in [-0.1, -0.05) is 36.4 Å². The molecule has 144 valence electrons. The molecular weight excluding hydrogens is 360 g/mol. The van der Waals surface area contributed by atoms with E-state index in [1.165, 1.54) is 29.8 Å². The zero-order chi connectivity index (χ0) is 20.1. The summed E-state index contributed by atoms with van der Waals surface area (Å²) in [6.45, 7) is 2.63. The lowest BCUT2D eigenvalue weighted by Crippen LogP contribution is -2.42. The Labute approximate surface area is 162 Å². The topological polar surface area (TPSA) is 89.7 Å². The number of rotatable bonds is 5. The molecule has 0 aliphatic carbocycles. The minimum absolute atomic E-state index is 0.0653. The van der Waals surface area contributed by atoms with Crippen molar-refractivity contribution in [2.45, 2.75) is 26.0 Å². The van der Waals surface area contributed by atoms with Gasteiger partial charge in [0.2, 0.25) is 0 Å². The van der Waals surface area contributed by atoms with E-state index >= 15 is 0 Å². The quantitative estimate of drug-likeness (QED) is 0.344. The van der Waals surface area contributed by atoms with Crippen molar-refractivity contribution >= 4 is 23.6 Å². The molecule has 0 fully saturated rings. The van der Waals surface area contributed by atoms with Crippen LogP contribution in [0, 0.1) is 10.1 Å². The first kappa shape index (κ1) is 19.3. The van der Waals surface area contributed by atoms with Gasteiger partial charge in [-0.15, -0.1) is 0 Å². The summed E-state index contributed by atoms with van der Waals surface area (Å²) in [6, 6.07) is 13.9. The molecule has 1 atom stereocenters. The van der Waals surface area contributed by atoms with Crippen LogP contribution in [-0.4, -0.2) is 34.3 Å². The van der Waals surface area contributed by atoms with E-state index in [4.69, 9.17) is 4.74 Å². The van der Waals surface area contributed by atoms with Crippen molar-refractivity contribution in [3.63, 3.8) is 0 Å². The summed E-state index contributed by atoms with van der Waals surface area (Å²) < 4.78 is 5.20. The van der Waals surface area contributed by atoms with Gasteiger partial charge in [-0.25, -0.2) is 4.79 Å². The van der Waals surface area contributed by atoms with Gasteiger partial charge in [0, 0.05) is 31.3 Å². The molecule has 7 nitrogen and oxygen atoms in total. The molecule has 0 spiro atoms. The number of carbonyl (C=O) groups is 2. The molecule has 7 heteroatoms. The van der Waals surface area contributed by atoms with E-state index in [1.54, 1.807) is 17.9 Å². The highest BCUT2D eigenvalue weighted by molar-refractivity contribution is 5.90. The van der Waals surface area contributed by atoms with E-state index in [9.17, 15) is 19.7 Å². The minimum Gasteiger partial charge on any atom is -0.449 e. The molecular formula is C21H20N2O5. The Balaban J connectivity index is 1.57. The number of nitro benzene ring substituents is 1. The average molecular weight is 380 g/mol. The number of benzene rings is 2. The van der Waals surface area contributed by atoms with Crippen LogP contribution in [0.2, 0.25) is 0 Å². The molecule has 1 heterocycles. The highest BCUT2D eigenvalue weighted by Crippen LogP contribution is 2.19. The molecule has 2 aromatic carbocycles. The number of amides is 1. The molecule has 28 heavy (non-hydrogen) atoms. The number of hydrogen-bond acceptors (Lipinski definition) is 5.